The molecule has 1 aromatic rings. The van der Waals surface area contributed by atoms with Crippen LogP contribution < -0.4 is 0 Å². The third-order valence-corrected chi connectivity index (χ3v) is 3.89. The van der Waals surface area contributed by atoms with Gasteiger partial charge >= 0.3 is 0 Å². The number of carbonyl (C=O) groups is 1. The molecule has 0 unspecified atom stereocenters. The van der Waals surface area contributed by atoms with Crippen LogP contribution in [0.25, 0.3) is 0 Å². The average molecular weight is 293 g/mol. The maximum Gasteiger partial charge on any atom is 0.293 e. The number of aromatic nitrogens is 3. The highest BCUT2D eigenvalue weighted by Crippen LogP contribution is 2.09. The standard InChI is InChI=1S/C15H27N5O/c1-4-5-13-16-14(18-17-13)15(21)20-10-8-19(9-11-20)7-6-12(2)3/h12H,4-11H2,1-3H3,(H,16,17,18). The fourth-order valence-electron chi connectivity index (χ4n) is 2.50. The predicted octanol–water partition coefficient (Wildman–Crippen LogP) is 1.56. The monoisotopic (exact) mass is 293 g/mol. The van der Waals surface area contributed by atoms with Crippen LogP contribution in [0.15, 0.2) is 0 Å². The molecule has 2 heterocycles. The first-order valence-electron chi connectivity index (χ1n) is 8.03. The molecule has 6 nitrogen and oxygen atoms in total. The maximum absolute atomic E-state index is 12.4. The molecule has 0 atom stereocenters. The molecule has 118 valence electrons. The summed E-state index contributed by atoms with van der Waals surface area (Å²) in [4.78, 5) is 20.9. The van der Waals surface area contributed by atoms with Crippen molar-refractivity contribution in [2.24, 2.45) is 5.92 Å². The molecule has 1 N–H and O–H groups in total. The van der Waals surface area contributed by atoms with Crippen molar-refractivity contribution in [3.63, 3.8) is 0 Å². The van der Waals surface area contributed by atoms with Crippen molar-refractivity contribution in [1.82, 2.24) is 25.0 Å². The van der Waals surface area contributed by atoms with Crippen LogP contribution in [-0.4, -0.2) is 63.6 Å². The second kappa shape index (κ2) is 7.54. The Kier molecular flexibility index (Phi) is 5.73. The van der Waals surface area contributed by atoms with Crippen molar-refractivity contribution in [2.75, 3.05) is 32.7 Å². The van der Waals surface area contributed by atoms with Crippen molar-refractivity contribution < 1.29 is 4.79 Å². The van der Waals surface area contributed by atoms with E-state index < -0.39 is 0 Å². The molecular formula is C15H27N5O. The summed E-state index contributed by atoms with van der Waals surface area (Å²) in [6, 6.07) is 0. The van der Waals surface area contributed by atoms with Crippen LogP contribution in [0.4, 0.5) is 0 Å². The van der Waals surface area contributed by atoms with Crippen LogP contribution in [-0.2, 0) is 6.42 Å². The zero-order valence-corrected chi connectivity index (χ0v) is 13.4. The number of hydrogen-bond donors (Lipinski definition) is 1. The van der Waals surface area contributed by atoms with Gasteiger partial charge in [-0.1, -0.05) is 20.8 Å². The first-order chi connectivity index (χ1) is 10.1. The lowest BCUT2D eigenvalue weighted by molar-refractivity contribution is 0.0620. The van der Waals surface area contributed by atoms with Gasteiger partial charge in [0, 0.05) is 32.6 Å². The molecule has 1 aromatic heterocycles. The Morgan fingerprint density at radius 3 is 2.62 bits per heavy atom. The van der Waals surface area contributed by atoms with E-state index >= 15 is 0 Å². The summed E-state index contributed by atoms with van der Waals surface area (Å²) in [6.07, 6.45) is 3.05. The molecule has 1 amide bonds. The number of aromatic amines is 1. The molecule has 1 fully saturated rings. The number of amides is 1. The summed E-state index contributed by atoms with van der Waals surface area (Å²) in [5.41, 5.74) is 0. The summed E-state index contributed by atoms with van der Waals surface area (Å²) in [7, 11) is 0. The molecule has 1 aliphatic heterocycles. The molecule has 0 saturated carbocycles. The summed E-state index contributed by atoms with van der Waals surface area (Å²) >= 11 is 0. The fraction of sp³-hybridized carbons (Fsp3) is 0.800. The Balaban J connectivity index is 1.82. The van der Waals surface area contributed by atoms with Crippen molar-refractivity contribution in [3.05, 3.63) is 11.6 Å². The Morgan fingerprint density at radius 1 is 1.29 bits per heavy atom. The van der Waals surface area contributed by atoms with Gasteiger partial charge < -0.3 is 4.90 Å². The molecule has 0 aromatic carbocycles. The fourth-order valence-corrected chi connectivity index (χ4v) is 2.50. The Hall–Kier alpha value is -1.43. The number of rotatable bonds is 6. The first-order valence-corrected chi connectivity index (χ1v) is 8.03. The topological polar surface area (TPSA) is 65.1 Å². The number of hydrogen-bond acceptors (Lipinski definition) is 4. The van der Waals surface area contributed by atoms with Gasteiger partial charge in [0.25, 0.3) is 5.91 Å². The summed E-state index contributed by atoms with van der Waals surface area (Å²) in [6.45, 7) is 11.1. The van der Waals surface area contributed by atoms with Gasteiger partial charge in [0.05, 0.1) is 0 Å². The van der Waals surface area contributed by atoms with Crippen LogP contribution in [0, 0.1) is 5.92 Å². The van der Waals surface area contributed by atoms with Crippen LogP contribution in [0.5, 0.6) is 0 Å². The number of H-pyrrole nitrogens is 1. The number of carbonyl (C=O) groups excluding carboxylic acids is 1. The molecule has 1 saturated heterocycles. The van der Waals surface area contributed by atoms with Gasteiger partial charge in [-0.25, -0.2) is 4.98 Å². The highest BCUT2D eigenvalue weighted by atomic mass is 16.2. The smallest absolute Gasteiger partial charge is 0.293 e. The molecule has 0 radical (unpaired) electrons. The van der Waals surface area contributed by atoms with Crippen LogP contribution in [0.2, 0.25) is 0 Å². The van der Waals surface area contributed by atoms with E-state index in [4.69, 9.17) is 0 Å². The van der Waals surface area contributed by atoms with E-state index in [1.165, 1.54) is 6.42 Å². The summed E-state index contributed by atoms with van der Waals surface area (Å²) in [5.74, 6) is 1.80. The molecule has 21 heavy (non-hydrogen) atoms. The summed E-state index contributed by atoms with van der Waals surface area (Å²) in [5, 5.41) is 6.90. The minimum absolute atomic E-state index is 0.0443. The predicted molar refractivity (Wildman–Crippen MR) is 82.2 cm³/mol. The normalized spacial score (nSPS) is 16.7. The molecule has 2 rings (SSSR count). The lowest BCUT2D eigenvalue weighted by Gasteiger charge is -2.34. The molecule has 0 spiro atoms. The zero-order chi connectivity index (χ0) is 15.2. The molecule has 0 bridgehead atoms. The first kappa shape index (κ1) is 15.9. The lowest BCUT2D eigenvalue weighted by Crippen LogP contribution is -2.49. The average Bonchev–Trinajstić information content (AvgIpc) is 2.94. The molecule has 1 aliphatic rings. The second-order valence-electron chi connectivity index (χ2n) is 6.17. The van der Waals surface area contributed by atoms with Crippen LogP contribution in [0.3, 0.4) is 0 Å². The van der Waals surface area contributed by atoms with Gasteiger partial charge in [0.2, 0.25) is 5.82 Å². The van der Waals surface area contributed by atoms with E-state index in [0.717, 1.165) is 57.3 Å². The number of aryl methyl sites for hydroxylation is 1. The van der Waals surface area contributed by atoms with Crippen molar-refractivity contribution in [2.45, 2.75) is 40.0 Å². The highest BCUT2D eigenvalue weighted by Gasteiger charge is 2.24. The lowest BCUT2D eigenvalue weighted by atomic mass is 10.1. The Bertz CT molecular complexity index is 449. The maximum atomic E-state index is 12.4. The highest BCUT2D eigenvalue weighted by molar-refractivity contribution is 5.90. The van der Waals surface area contributed by atoms with E-state index in [2.05, 4.69) is 40.9 Å². The van der Waals surface area contributed by atoms with E-state index in [1.54, 1.807) is 0 Å². The quantitative estimate of drug-likeness (QED) is 0.864. The number of nitrogens with one attached hydrogen (secondary N) is 1. The largest absolute Gasteiger partial charge is 0.333 e. The van der Waals surface area contributed by atoms with Crippen molar-refractivity contribution >= 4 is 5.91 Å². The number of piperazine rings is 1. The van der Waals surface area contributed by atoms with Gasteiger partial charge in [-0.3, -0.25) is 14.8 Å². The Morgan fingerprint density at radius 2 is 2.00 bits per heavy atom. The van der Waals surface area contributed by atoms with Crippen LogP contribution in [0.1, 0.15) is 50.1 Å². The van der Waals surface area contributed by atoms with Crippen molar-refractivity contribution in [3.8, 4) is 0 Å². The van der Waals surface area contributed by atoms with Gasteiger partial charge in [-0.15, -0.1) is 5.10 Å². The van der Waals surface area contributed by atoms with E-state index in [9.17, 15) is 4.79 Å². The minimum atomic E-state index is -0.0443. The number of nitrogens with zero attached hydrogens (tertiary/aromatic N) is 4. The zero-order valence-electron chi connectivity index (χ0n) is 13.4. The van der Waals surface area contributed by atoms with Crippen molar-refractivity contribution in [1.29, 1.82) is 0 Å². The SMILES string of the molecule is CCCc1nc(C(=O)N2CCN(CCC(C)C)CC2)n[nH]1. The Labute approximate surface area is 126 Å². The molecule has 0 aliphatic carbocycles. The van der Waals surface area contributed by atoms with E-state index in [-0.39, 0.29) is 5.91 Å². The van der Waals surface area contributed by atoms with Gasteiger partial charge in [-0.2, -0.15) is 0 Å². The van der Waals surface area contributed by atoms with Gasteiger partial charge in [-0.05, 0) is 25.3 Å². The third kappa shape index (κ3) is 4.52. The van der Waals surface area contributed by atoms with Gasteiger partial charge in [0.15, 0.2) is 0 Å². The minimum Gasteiger partial charge on any atom is -0.333 e. The van der Waals surface area contributed by atoms with Crippen LogP contribution >= 0.6 is 0 Å². The summed E-state index contributed by atoms with van der Waals surface area (Å²) < 4.78 is 0. The van der Waals surface area contributed by atoms with E-state index in [1.807, 2.05) is 4.90 Å². The molecular weight excluding hydrogens is 266 g/mol. The second-order valence-corrected chi connectivity index (χ2v) is 6.17. The van der Waals surface area contributed by atoms with E-state index in [0.29, 0.717) is 5.82 Å². The van der Waals surface area contributed by atoms with Gasteiger partial charge in [0.1, 0.15) is 5.82 Å². The third-order valence-electron chi connectivity index (χ3n) is 3.89. The molecule has 6 heteroatoms.